The van der Waals surface area contributed by atoms with E-state index in [-0.39, 0.29) is 5.91 Å². The molecule has 0 heterocycles. The number of aryl methyl sites for hydroxylation is 1. The average Bonchev–Trinajstić information content (AvgIpc) is 2.24. The molecular formula is C14H19NO3. The Morgan fingerprint density at radius 1 is 1.22 bits per heavy atom. The number of hydrogen-bond donors (Lipinski definition) is 2. The molecule has 0 spiro atoms. The Morgan fingerprint density at radius 2 is 1.78 bits per heavy atom. The lowest BCUT2D eigenvalue weighted by molar-refractivity contribution is -0.142. The van der Waals surface area contributed by atoms with Gasteiger partial charge in [0, 0.05) is 5.56 Å². The van der Waals surface area contributed by atoms with Crippen LogP contribution in [0.25, 0.3) is 0 Å². The highest BCUT2D eigenvalue weighted by Crippen LogP contribution is 2.20. The monoisotopic (exact) mass is 249 g/mol. The number of hydrogen-bond acceptors (Lipinski definition) is 2. The number of rotatable bonds is 3. The first-order valence-electron chi connectivity index (χ1n) is 5.83. The minimum Gasteiger partial charge on any atom is -0.480 e. The topological polar surface area (TPSA) is 66.4 Å². The summed E-state index contributed by atoms with van der Waals surface area (Å²) >= 11 is 0. The summed E-state index contributed by atoms with van der Waals surface area (Å²) in [5, 5.41) is 11.7. The lowest BCUT2D eigenvalue weighted by Gasteiger charge is -2.27. The van der Waals surface area contributed by atoms with Crippen molar-refractivity contribution in [2.24, 2.45) is 5.41 Å². The van der Waals surface area contributed by atoms with Crippen molar-refractivity contribution in [3.63, 3.8) is 0 Å². The van der Waals surface area contributed by atoms with Crippen LogP contribution in [0.5, 0.6) is 0 Å². The van der Waals surface area contributed by atoms with Crippen molar-refractivity contribution in [3.8, 4) is 0 Å². The van der Waals surface area contributed by atoms with Crippen molar-refractivity contribution in [2.45, 2.75) is 33.7 Å². The SMILES string of the molecule is Cc1ccccc1C(=O)N[C@@H](C(=O)O)C(C)(C)C. The molecule has 1 aromatic rings. The zero-order chi connectivity index (χ0) is 13.9. The van der Waals surface area contributed by atoms with Gasteiger partial charge in [0.2, 0.25) is 0 Å². The van der Waals surface area contributed by atoms with E-state index in [4.69, 9.17) is 5.11 Å². The fourth-order valence-corrected chi connectivity index (χ4v) is 1.69. The minimum absolute atomic E-state index is 0.351. The van der Waals surface area contributed by atoms with Crippen LogP contribution >= 0.6 is 0 Å². The van der Waals surface area contributed by atoms with E-state index in [2.05, 4.69) is 5.32 Å². The number of carboxylic acids is 1. The van der Waals surface area contributed by atoms with Crippen LogP contribution in [-0.4, -0.2) is 23.0 Å². The molecule has 4 nitrogen and oxygen atoms in total. The Kier molecular flexibility index (Phi) is 4.11. The third-order valence-corrected chi connectivity index (χ3v) is 2.78. The number of carbonyl (C=O) groups is 2. The van der Waals surface area contributed by atoms with E-state index in [1.165, 1.54) is 0 Å². The zero-order valence-electron chi connectivity index (χ0n) is 11.2. The molecule has 0 aliphatic rings. The molecule has 2 N–H and O–H groups in total. The maximum atomic E-state index is 12.1. The van der Waals surface area contributed by atoms with Gasteiger partial charge in [-0.2, -0.15) is 0 Å². The standard InChI is InChI=1S/C14H19NO3/c1-9-7-5-6-8-10(9)12(16)15-11(13(17)18)14(2,3)4/h5-8,11H,1-4H3,(H,15,16)(H,17,18)/t11-/m0/s1. The molecule has 18 heavy (non-hydrogen) atoms. The average molecular weight is 249 g/mol. The Balaban J connectivity index is 2.93. The summed E-state index contributed by atoms with van der Waals surface area (Å²) in [6.07, 6.45) is 0. The largest absolute Gasteiger partial charge is 0.480 e. The minimum atomic E-state index is -1.02. The molecule has 0 bridgehead atoms. The second-order valence-electron chi connectivity index (χ2n) is 5.43. The Labute approximate surface area is 107 Å². The van der Waals surface area contributed by atoms with Gasteiger partial charge in [-0.1, -0.05) is 39.0 Å². The fraction of sp³-hybridized carbons (Fsp3) is 0.429. The first-order chi connectivity index (χ1) is 8.23. The summed E-state index contributed by atoms with van der Waals surface area (Å²) in [6, 6.07) is 6.19. The summed E-state index contributed by atoms with van der Waals surface area (Å²) < 4.78 is 0. The molecule has 0 aliphatic carbocycles. The highest BCUT2D eigenvalue weighted by atomic mass is 16.4. The maximum absolute atomic E-state index is 12.1. The number of benzene rings is 1. The van der Waals surface area contributed by atoms with Crippen LogP contribution in [0.15, 0.2) is 24.3 Å². The van der Waals surface area contributed by atoms with E-state index in [0.29, 0.717) is 5.56 Å². The van der Waals surface area contributed by atoms with Crippen molar-refractivity contribution >= 4 is 11.9 Å². The van der Waals surface area contributed by atoms with Crippen LogP contribution in [-0.2, 0) is 4.79 Å². The predicted octanol–water partition coefficient (Wildman–Crippen LogP) is 2.22. The molecule has 98 valence electrons. The molecule has 0 radical (unpaired) electrons. The van der Waals surface area contributed by atoms with Gasteiger partial charge in [0.05, 0.1) is 0 Å². The van der Waals surface area contributed by atoms with E-state index in [0.717, 1.165) is 5.56 Å². The molecule has 4 heteroatoms. The summed E-state index contributed by atoms with van der Waals surface area (Å²) in [6.45, 7) is 7.17. The fourth-order valence-electron chi connectivity index (χ4n) is 1.69. The lowest BCUT2D eigenvalue weighted by Crippen LogP contribution is -2.49. The van der Waals surface area contributed by atoms with Gasteiger partial charge in [0.15, 0.2) is 0 Å². The number of aliphatic carboxylic acids is 1. The van der Waals surface area contributed by atoms with Gasteiger partial charge in [-0.3, -0.25) is 4.79 Å². The third kappa shape index (κ3) is 3.32. The first kappa shape index (κ1) is 14.2. The van der Waals surface area contributed by atoms with E-state index in [9.17, 15) is 9.59 Å². The van der Waals surface area contributed by atoms with Crippen LogP contribution in [0.3, 0.4) is 0 Å². The molecule has 1 amide bonds. The van der Waals surface area contributed by atoms with Gasteiger partial charge in [0.25, 0.3) is 5.91 Å². The first-order valence-corrected chi connectivity index (χ1v) is 5.83. The second kappa shape index (κ2) is 5.21. The molecule has 0 saturated heterocycles. The van der Waals surface area contributed by atoms with Crippen LogP contribution in [0.4, 0.5) is 0 Å². The predicted molar refractivity (Wildman–Crippen MR) is 69.5 cm³/mol. The Bertz CT molecular complexity index is 460. The molecule has 1 atom stereocenters. The quantitative estimate of drug-likeness (QED) is 0.863. The molecule has 0 aliphatic heterocycles. The number of nitrogens with one attached hydrogen (secondary N) is 1. The summed E-state index contributed by atoms with van der Waals surface area (Å²) in [7, 11) is 0. The highest BCUT2D eigenvalue weighted by molar-refractivity contribution is 5.97. The van der Waals surface area contributed by atoms with E-state index in [1.54, 1.807) is 32.9 Å². The van der Waals surface area contributed by atoms with Gasteiger partial charge in [-0.05, 0) is 24.0 Å². The summed E-state index contributed by atoms with van der Waals surface area (Å²) in [4.78, 5) is 23.2. The van der Waals surface area contributed by atoms with Gasteiger partial charge >= 0.3 is 5.97 Å². The van der Waals surface area contributed by atoms with Gasteiger partial charge in [0.1, 0.15) is 6.04 Å². The third-order valence-electron chi connectivity index (χ3n) is 2.78. The molecule has 1 rings (SSSR count). The van der Waals surface area contributed by atoms with Gasteiger partial charge in [-0.25, -0.2) is 4.79 Å². The van der Waals surface area contributed by atoms with Crippen molar-refractivity contribution < 1.29 is 14.7 Å². The van der Waals surface area contributed by atoms with Crippen molar-refractivity contribution in [1.82, 2.24) is 5.32 Å². The van der Waals surface area contributed by atoms with Crippen molar-refractivity contribution in [3.05, 3.63) is 35.4 Å². The van der Waals surface area contributed by atoms with Crippen LogP contribution in [0.2, 0.25) is 0 Å². The van der Waals surface area contributed by atoms with E-state index < -0.39 is 17.4 Å². The van der Waals surface area contributed by atoms with E-state index in [1.807, 2.05) is 19.1 Å². The Hall–Kier alpha value is -1.84. The second-order valence-corrected chi connectivity index (χ2v) is 5.43. The summed E-state index contributed by atoms with van der Waals surface area (Å²) in [5.74, 6) is -1.38. The van der Waals surface area contributed by atoms with Crippen molar-refractivity contribution in [2.75, 3.05) is 0 Å². The van der Waals surface area contributed by atoms with Crippen molar-refractivity contribution in [1.29, 1.82) is 0 Å². The van der Waals surface area contributed by atoms with E-state index >= 15 is 0 Å². The maximum Gasteiger partial charge on any atom is 0.326 e. The molecule has 1 aromatic carbocycles. The number of carboxylic acid groups (broad SMARTS) is 1. The number of amides is 1. The molecule has 0 unspecified atom stereocenters. The summed E-state index contributed by atoms with van der Waals surface area (Å²) in [5.41, 5.74) is 0.797. The van der Waals surface area contributed by atoms with Gasteiger partial charge in [-0.15, -0.1) is 0 Å². The number of carbonyl (C=O) groups excluding carboxylic acids is 1. The molecule has 0 fully saturated rings. The normalized spacial score (nSPS) is 12.9. The van der Waals surface area contributed by atoms with Crippen LogP contribution in [0, 0.1) is 12.3 Å². The molecular weight excluding hydrogens is 230 g/mol. The molecule has 0 saturated carbocycles. The molecule has 0 aromatic heterocycles. The van der Waals surface area contributed by atoms with Gasteiger partial charge < -0.3 is 10.4 Å². The smallest absolute Gasteiger partial charge is 0.326 e. The van der Waals surface area contributed by atoms with Crippen LogP contribution in [0.1, 0.15) is 36.7 Å². The Morgan fingerprint density at radius 3 is 2.22 bits per heavy atom. The highest BCUT2D eigenvalue weighted by Gasteiger charge is 2.32. The lowest BCUT2D eigenvalue weighted by atomic mass is 9.86. The van der Waals surface area contributed by atoms with Crippen LogP contribution < -0.4 is 5.32 Å². The zero-order valence-corrected chi connectivity index (χ0v) is 11.2.